The van der Waals surface area contributed by atoms with Crippen molar-refractivity contribution in [1.29, 1.82) is 0 Å². The largest absolute Gasteiger partial charge is 0.456 e. The van der Waals surface area contributed by atoms with Crippen LogP contribution in [0.2, 0.25) is 0 Å². The van der Waals surface area contributed by atoms with Crippen LogP contribution in [0.4, 0.5) is 51.2 Å². The van der Waals surface area contributed by atoms with E-state index >= 15 is 0 Å². The van der Waals surface area contributed by atoms with Crippen LogP contribution in [0.25, 0.3) is 65.4 Å². The fourth-order valence-electron chi connectivity index (χ4n) is 10.1. The molecule has 316 valence electrons. The van der Waals surface area contributed by atoms with Gasteiger partial charge in [0.25, 0.3) is 0 Å². The maximum absolute atomic E-state index is 6.90. The summed E-state index contributed by atoms with van der Waals surface area (Å²) in [6.07, 6.45) is 0. The normalized spacial score (nSPS) is 11.6. The highest BCUT2D eigenvalue weighted by atomic mass is 16.3. The highest BCUT2D eigenvalue weighted by Crippen LogP contribution is 2.50. The van der Waals surface area contributed by atoms with Crippen LogP contribution >= 0.6 is 0 Å². The maximum Gasteiger partial charge on any atom is 0.143 e. The predicted molar refractivity (Wildman–Crippen MR) is 280 cm³/mol. The number of anilines is 9. The first-order valence-corrected chi connectivity index (χ1v) is 22.7. The van der Waals surface area contributed by atoms with Crippen LogP contribution in [-0.4, -0.2) is 0 Å². The molecule has 0 bridgehead atoms. The summed E-state index contributed by atoms with van der Waals surface area (Å²) in [6.45, 7) is 0. The van der Waals surface area contributed by atoms with Crippen molar-refractivity contribution in [3.8, 4) is 0 Å². The van der Waals surface area contributed by atoms with E-state index in [-0.39, 0.29) is 0 Å². The molecule has 67 heavy (non-hydrogen) atoms. The van der Waals surface area contributed by atoms with Crippen molar-refractivity contribution in [2.24, 2.45) is 0 Å². The summed E-state index contributed by atoms with van der Waals surface area (Å²) in [7, 11) is 0. The zero-order valence-corrected chi connectivity index (χ0v) is 36.3. The maximum atomic E-state index is 6.90. The fraction of sp³-hybridized carbons (Fsp3) is 0. The van der Waals surface area contributed by atoms with E-state index in [0.717, 1.165) is 111 Å². The number of hydrogen-bond donors (Lipinski definition) is 0. The monoisotopic (exact) mass is 859 g/mol. The Morgan fingerprint density at radius 3 is 1.25 bits per heavy atom. The van der Waals surface area contributed by atoms with Crippen LogP contribution in [0.15, 0.2) is 258 Å². The summed E-state index contributed by atoms with van der Waals surface area (Å²) >= 11 is 0. The molecular weight excluding hydrogens is 819 g/mol. The van der Waals surface area contributed by atoms with E-state index in [1.165, 1.54) is 5.39 Å². The molecule has 0 aliphatic carbocycles. The summed E-state index contributed by atoms with van der Waals surface area (Å²) in [5, 5.41) is 8.82. The lowest BCUT2D eigenvalue weighted by atomic mass is 9.96. The molecule has 13 rings (SSSR count). The van der Waals surface area contributed by atoms with Crippen LogP contribution in [-0.2, 0) is 0 Å². The van der Waals surface area contributed by atoms with Crippen molar-refractivity contribution in [2.45, 2.75) is 0 Å². The lowest BCUT2D eigenvalue weighted by Crippen LogP contribution is -2.14. The van der Waals surface area contributed by atoms with E-state index in [2.05, 4.69) is 251 Å². The Balaban J connectivity index is 1.12. The first kappa shape index (κ1) is 38.4. The molecule has 0 spiro atoms. The molecule has 0 aliphatic rings. The molecule has 0 radical (unpaired) electrons. The van der Waals surface area contributed by atoms with Crippen molar-refractivity contribution >= 4 is 117 Å². The zero-order valence-electron chi connectivity index (χ0n) is 36.3. The molecule has 2 heterocycles. The van der Waals surface area contributed by atoms with Gasteiger partial charge in [0.2, 0.25) is 0 Å². The van der Waals surface area contributed by atoms with Gasteiger partial charge in [0.1, 0.15) is 22.3 Å². The quantitative estimate of drug-likeness (QED) is 0.135. The summed E-state index contributed by atoms with van der Waals surface area (Å²) in [5.41, 5.74) is 12.5. The van der Waals surface area contributed by atoms with Crippen molar-refractivity contribution in [3.05, 3.63) is 249 Å². The molecule has 0 amide bonds. The number of hydrogen-bond acceptors (Lipinski definition) is 5. The average molecular weight is 860 g/mol. The summed E-state index contributed by atoms with van der Waals surface area (Å²) in [4.78, 5) is 7.04. The molecule has 0 unspecified atom stereocenters. The van der Waals surface area contributed by atoms with Gasteiger partial charge in [-0.15, -0.1) is 0 Å². The second-order valence-corrected chi connectivity index (χ2v) is 16.9. The highest BCUT2D eigenvalue weighted by molar-refractivity contribution is 6.30. The molecule has 0 atom stereocenters. The molecule has 0 aliphatic heterocycles. The molecule has 0 fully saturated rings. The zero-order chi connectivity index (χ0) is 44.3. The molecule has 2 aromatic heterocycles. The van der Waals surface area contributed by atoms with E-state index in [9.17, 15) is 0 Å². The lowest BCUT2D eigenvalue weighted by molar-refractivity contribution is 0.669. The van der Waals surface area contributed by atoms with Gasteiger partial charge in [-0.05, 0) is 113 Å². The first-order chi connectivity index (χ1) is 33.2. The van der Waals surface area contributed by atoms with Gasteiger partial charge >= 0.3 is 0 Å². The Kier molecular flexibility index (Phi) is 9.10. The molecule has 0 N–H and O–H groups in total. The van der Waals surface area contributed by atoms with E-state index in [0.29, 0.717) is 0 Å². The van der Waals surface area contributed by atoms with Crippen molar-refractivity contribution < 1.29 is 8.83 Å². The summed E-state index contributed by atoms with van der Waals surface area (Å²) < 4.78 is 13.6. The predicted octanol–water partition coefficient (Wildman–Crippen LogP) is 18.2. The van der Waals surface area contributed by atoms with Crippen molar-refractivity contribution in [3.63, 3.8) is 0 Å². The van der Waals surface area contributed by atoms with E-state index in [1.54, 1.807) is 0 Å². The fourth-order valence-corrected chi connectivity index (χ4v) is 10.1. The van der Waals surface area contributed by atoms with Gasteiger partial charge < -0.3 is 23.5 Å². The van der Waals surface area contributed by atoms with Crippen molar-refractivity contribution in [1.82, 2.24) is 0 Å². The number of furan rings is 2. The average Bonchev–Trinajstić information content (AvgIpc) is 3.98. The minimum Gasteiger partial charge on any atom is -0.456 e. The van der Waals surface area contributed by atoms with Gasteiger partial charge in [0, 0.05) is 67.4 Å². The number of para-hydroxylation sites is 6. The minimum atomic E-state index is 0.789. The summed E-state index contributed by atoms with van der Waals surface area (Å²) in [5.74, 6) is 0. The molecule has 0 saturated heterocycles. The summed E-state index contributed by atoms with van der Waals surface area (Å²) in [6, 6.07) is 88.0. The van der Waals surface area contributed by atoms with Gasteiger partial charge in [0.15, 0.2) is 0 Å². The topological polar surface area (TPSA) is 36.0 Å². The Morgan fingerprint density at radius 1 is 0.224 bits per heavy atom. The van der Waals surface area contributed by atoms with E-state index in [1.807, 2.05) is 12.1 Å². The third kappa shape index (κ3) is 6.47. The van der Waals surface area contributed by atoms with Gasteiger partial charge in [-0.1, -0.05) is 146 Å². The number of rotatable bonds is 9. The third-order valence-corrected chi connectivity index (χ3v) is 12.9. The van der Waals surface area contributed by atoms with Gasteiger partial charge in [-0.3, -0.25) is 0 Å². The minimum absolute atomic E-state index is 0.789. The second-order valence-electron chi connectivity index (χ2n) is 16.9. The van der Waals surface area contributed by atoms with Crippen LogP contribution in [0.1, 0.15) is 0 Å². The number of benzene rings is 11. The van der Waals surface area contributed by atoms with Crippen LogP contribution in [0.3, 0.4) is 0 Å². The van der Waals surface area contributed by atoms with E-state index in [4.69, 9.17) is 8.83 Å². The Labute approximate surface area is 387 Å². The highest BCUT2D eigenvalue weighted by Gasteiger charge is 2.25. The molecule has 5 heteroatoms. The van der Waals surface area contributed by atoms with Crippen LogP contribution < -0.4 is 14.7 Å². The van der Waals surface area contributed by atoms with Gasteiger partial charge in [-0.2, -0.15) is 0 Å². The Bertz CT molecular complexity index is 3860. The van der Waals surface area contributed by atoms with E-state index < -0.39 is 0 Å². The smallest absolute Gasteiger partial charge is 0.143 e. The molecule has 0 saturated carbocycles. The van der Waals surface area contributed by atoms with Gasteiger partial charge in [-0.25, -0.2) is 0 Å². The third-order valence-electron chi connectivity index (χ3n) is 12.9. The number of fused-ring (bicyclic) bond motifs is 11. The van der Waals surface area contributed by atoms with Crippen molar-refractivity contribution in [2.75, 3.05) is 14.7 Å². The molecule has 11 aromatic carbocycles. The molecule has 5 nitrogen and oxygen atoms in total. The van der Waals surface area contributed by atoms with Crippen LogP contribution in [0.5, 0.6) is 0 Å². The standard InChI is InChI=1S/C62H41N3O2/c1-5-20-42(21-6-1)63(43-22-7-2-8-23-43)46-28-19-29-47(38-46)64(48-36-37-51-50-30-13-14-31-52(50)62-60(55(51)39-48)53-32-15-18-35-58(53)67-62)49-40-56(61-54-33-16-17-34-57(54)66-59(61)41-49)65(44-24-9-3-10-25-44)45-26-11-4-12-27-45/h1-41H. The van der Waals surface area contributed by atoms with Gasteiger partial charge in [0.05, 0.1) is 16.8 Å². The molecular formula is C62H41N3O2. The Hall–Kier alpha value is -9.06. The molecule has 13 aromatic rings. The lowest BCUT2D eigenvalue weighted by Gasteiger charge is -2.31. The second kappa shape index (κ2) is 15.9. The Morgan fingerprint density at radius 2 is 0.657 bits per heavy atom. The SMILES string of the molecule is c1ccc(N(c2ccccc2)c2cccc(N(c3cc(N(c4ccccc4)c4ccccc4)c4c(c3)oc3ccccc34)c3ccc4c5ccccc5c5oc6ccccc6c5c4c3)c2)cc1. The first-order valence-electron chi connectivity index (χ1n) is 22.7. The van der Waals surface area contributed by atoms with Crippen LogP contribution in [0, 0.1) is 0 Å². The number of nitrogens with zero attached hydrogens (tertiary/aromatic N) is 3.